The van der Waals surface area contributed by atoms with E-state index in [1.165, 1.54) is 0 Å². The highest BCUT2D eigenvalue weighted by molar-refractivity contribution is 5.80. The van der Waals surface area contributed by atoms with Crippen molar-refractivity contribution in [3.05, 3.63) is 12.2 Å². The molecule has 0 fully saturated rings. The molecular weight excluding hydrogens is 150 g/mol. The van der Waals surface area contributed by atoms with E-state index in [-0.39, 0.29) is 5.78 Å². The van der Waals surface area contributed by atoms with Crippen LogP contribution in [0.25, 0.3) is 0 Å². The number of nitrogens with two attached hydrogens (primary N) is 1. The van der Waals surface area contributed by atoms with Gasteiger partial charge < -0.3 is 5.73 Å². The summed E-state index contributed by atoms with van der Waals surface area (Å²) in [5.74, 6) is 0.571. The molecule has 0 spiro atoms. The van der Waals surface area contributed by atoms with E-state index >= 15 is 0 Å². The zero-order valence-electron chi connectivity index (χ0n) is 8.10. The van der Waals surface area contributed by atoms with Crippen LogP contribution in [0.3, 0.4) is 0 Å². The Morgan fingerprint density at radius 2 is 2.17 bits per heavy atom. The minimum atomic E-state index is 0.264. The van der Waals surface area contributed by atoms with Gasteiger partial charge in [0.15, 0.2) is 0 Å². The summed E-state index contributed by atoms with van der Waals surface area (Å²) in [4.78, 5) is 11.3. The molecular formula is C10H19NO. The van der Waals surface area contributed by atoms with Crippen molar-refractivity contribution in [3.63, 3.8) is 0 Å². The summed E-state index contributed by atoms with van der Waals surface area (Å²) >= 11 is 0. The van der Waals surface area contributed by atoms with Gasteiger partial charge in [0.1, 0.15) is 5.78 Å². The lowest BCUT2D eigenvalue weighted by Gasteiger charge is -2.07. The van der Waals surface area contributed by atoms with Gasteiger partial charge in [-0.25, -0.2) is 0 Å². The van der Waals surface area contributed by atoms with Gasteiger partial charge in [-0.05, 0) is 18.9 Å². The standard InChI is InChI=1S/C10H19NO/c1-4-8(2)5-10(12)6-9(3)7-11/h9H,2,4-7,11H2,1,3H3. The van der Waals surface area contributed by atoms with Gasteiger partial charge in [0.05, 0.1) is 0 Å². The molecule has 2 nitrogen and oxygen atoms in total. The van der Waals surface area contributed by atoms with E-state index in [9.17, 15) is 4.79 Å². The monoisotopic (exact) mass is 169 g/mol. The summed E-state index contributed by atoms with van der Waals surface area (Å²) in [7, 11) is 0. The third-order valence-corrected chi connectivity index (χ3v) is 1.93. The molecule has 70 valence electrons. The summed E-state index contributed by atoms with van der Waals surface area (Å²) in [5, 5.41) is 0. The summed E-state index contributed by atoms with van der Waals surface area (Å²) in [6.07, 6.45) is 2.01. The van der Waals surface area contributed by atoms with Crippen molar-refractivity contribution in [2.24, 2.45) is 11.7 Å². The fraction of sp³-hybridized carbons (Fsp3) is 0.700. The Balaban J connectivity index is 3.66. The highest BCUT2D eigenvalue weighted by Crippen LogP contribution is 2.09. The molecule has 0 aromatic carbocycles. The molecule has 0 saturated carbocycles. The van der Waals surface area contributed by atoms with Gasteiger partial charge in [0, 0.05) is 12.8 Å². The lowest BCUT2D eigenvalue weighted by Crippen LogP contribution is -2.15. The van der Waals surface area contributed by atoms with Gasteiger partial charge >= 0.3 is 0 Å². The molecule has 2 heteroatoms. The van der Waals surface area contributed by atoms with E-state index in [1.807, 2.05) is 13.8 Å². The lowest BCUT2D eigenvalue weighted by atomic mass is 10.00. The van der Waals surface area contributed by atoms with Gasteiger partial charge in [-0.1, -0.05) is 26.0 Å². The SMILES string of the molecule is C=C(CC)CC(=O)CC(C)CN. The van der Waals surface area contributed by atoms with Gasteiger partial charge in [-0.2, -0.15) is 0 Å². The van der Waals surface area contributed by atoms with E-state index in [0.717, 1.165) is 12.0 Å². The zero-order chi connectivity index (χ0) is 9.56. The molecule has 0 aromatic rings. The second kappa shape index (κ2) is 5.95. The van der Waals surface area contributed by atoms with Gasteiger partial charge in [-0.3, -0.25) is 4.79 Å². The van der Waals surface area contributed by atoms with Crippen LogP contribution in [0.15, 0.2) is 12.2 Å². The lowest BCUT2D eigenvalue weighted by molar-refractivity contribution is -0.119. The van der Waals surface area contributed by atoms with Crippen LogP contribution in [0.4, 0.5) is 0 Å². The molecule has 0 rings (SSSR count). The highest BCUT2D eigenvalue weighted by atomic mass is 16.1. The van der Waals surface area contributed by atoms with Crippen LogP contribution in [0.2, 0.25) is 0 Å². The topological polar surface area (TPSA) is 43.1 Å². The van der Waals surface area contributed by atoms with Crippen LogP contribution in [-0.2, 0) is 4.79 Å². The Morgan fingerprint density at radius 1 is 1.58 bits per heavy atom. The highest BCUT2D eigenvalue weighted by Gasteiger charge is 2.07. The smallest absolute Gasteiger partial charge is 0.137 e. The Hall–Kier alpha value is -0.630. The summed E-state index contributed by atoms with van der Waals surface area (Å²) in [6, 6.07) is 0. The van der Waals surface area contributed by atoms with Crippen molar-refractivity contribution in [1.82, 2.24) is 0 Å². The maximum Gasteiger partial charge on any atom is 0.137 e. The van der Waals surface area contributed by atoms with Crippen LogP contribution >= 0.6 is 0 Å². The molecule has 1 atom stereocenters. The number of carbonyl (C=O) groups excluding carboxylic acids is 1. The number of allylic oxidation sites excluding steroid dienone is 1. The normalized spacial score (nSPS) is 12.6. The maximum absolute atomic E-state index is 11.3. The van der Waals surface area contributed by atoms with Crippen LogP contribution in [0.1, 0.15) is 33.1 Å². The number of Topliss-reactive ketones (excluding diaryl/α,β-unsaturated/α-hetero) is 1. The summed E-state index contributed by atoms with van der Waals surface area (Å²) < 4.78 is 0. The minimum absolute atomic E-state index is 0.264. The van der Waals surface area contributed by atoms with Crippen LogP contribution in [0.5, 0.6) is 0 Å². The Kier molecular flexibility index (Phi) is 5.64. The van der Waals surface area contributed by atoms with Gasteiger partial charge in [0.25, 0.3) is 0 Å². The average molecular weight is 169 g/mol. The summed E-state index contributed by atoms with van der Waals surface area (Å²) in [5.41, 5.74) is 6.43. The molecule has 0 aliphatic carbocycles. The van der Waals surface area contributed by atoms with Gasteiger partial charge in [-0.15, -0.1) is 0 Å². The molecule has 0 aromatic heterocycles. The fourth-order valence-electron chi connectivity index (χ4n) is 0.948. The molecule has 0 heterocycles. The Bertz CT molecular complexity index is 163. The molecule has 0 aliphatic rings. The predicted octanol–water partition coefficient (Wildman–Crippen LogP) is 1.90. The number of hydrogen-bond donors (Lipinski definition) is 1. The average Bonchev–Trinajstić information content (AvgIpc) is 2.03. The molecule has 0 radical (unpaired) electrons. The third-order valence-electron chi connectivity index (χ3n) is 1.93. The first-order valence-electron chi connectivity index (χ1n) is 4.48. The first-order chi connectivity index (χ1) is 5.60. The van der Waals surface area contributed by atoms with Crippen molar-refractivity contribution in [2.45, 2.75) is 33.1 Å². The van der Waals surface area contributed by atoms with Crippen molar-refractivity contribution < 1.29 is 4.79 Å². The fourth-order valence-corrected chi connectivity index (χ4v) is 0.948. The molecule has 1 unspecified atom stereocenters. The second-order valence-electron chi connectivity index (χ2n) is 3.36. The first-order valence-corrected chi connectivity index (χ1v) is 4.48. The molecule has 0 saturated heterocycles. The molecule has 12 heavy (non-hydrogen) atoms. The van der Waals surface area contributed by atoms with Crippen molar-refractivity contribution in [3.8, 4) is 0 Å². The number of hydrogen-bond acceptors (Lipinski definition) is 2. The van der Waals surface area contributed by atoms with E-state index in [2.05, 4.69) is 6.58 Å². The third kappa shape index (κ3) is 5.08. The quantitative estimate of drug-likeness (QED) is 0.617. The Labute approximate surface area is 74.8 Å². The molecule has 0 bridgehead atoms. The van der Waals surface area contributed by atoms with Gasteiger partial charge in [0.2, 0.25) is 0 Å². The van der Waals surface area contributed by atoms with Crippen molar-refractivity contribution >= 4 is 5.78 Å². The van der Waals surface area contributed by atoms with Crippen molar-refractivity contribution in [2.75, 3.05) is 6.54 Å². The predicted molar refractivity (Wildman–Crippen MR) is 51.9 cm³/mol. The van der Waals surface area contributed by atoms with E-state index in [1.54, 1.807) is 0 Å². The van der Waals surface area contributed by atoms with Crippen molar-refractivity contribution in [1.29, 1.82) is 0 Å². The van der Waals surface area contributed by atoms with E-state index in [0.29, 0.717) is 25.3 Å². The molecule has 0 aliphatic heterocycles. The van der Waals surface area contributed by atoms with E-state index < -0.39 is 0 Å². The number of carbonyl (C=O) groups is 1. The largest absolute Gasteiger partial charge is 0.330 e. The molecule has 0 amide bonds. The summed E-state index contributed by atoms with van der Waals surface area (Å²) in [6.45, 7) is 8.39. The maximum atomic E-state index is 11.3. The molecule has 2 N–H and O–H groups in total. The second-order valence-corrected chi connectivity index (χ2v) is 3.36. The zero-order valence-corrected chi connectivity index (χ0v) is 8.10. The number of ketones is 1. The van der Waals surface area contributed by atoms with Crippen LogP contribution in [0, 0.1) is 5.92 Å². The van der Waals surface area contributed by atoms with Crippen LogP contribution in [-0.4, -0.2) is 12.3 Å². The van der Waals surface area contributed by atoms with Crippen LogP contribution < -0.4 is 5.73 Å². The first kappa shape index (κ1) is 11.4. The van der Waals surface area contributed by atoms with E-state index in [4.69, 9.17) is 5.73 Å². The number of rotatable bonds is 6. The Morgan fingerprint density at radius 3 is 2.58 bits per heavy atom. The minimum Gasteiger partial charge on any atom is -0.330 e.